The van der Waals surface area contributed by atoms with Gasteiger partial charge in [0.25, 0.3) is 0 Å². The Balaban J connectivity index is 1.79. The lowest BCUT2D eigenvalue weighted by Crippen LogP contribution is -2.47. The fraction of sp³-hybridized carbons (Fsp3) is 1.00. The second-order valence-corrected chi connectivity index (χ2v) is 5.81. The molecule has 0 spiro atoms. The van der Waals surface area contributed by atoms with Crippen LogP contribution in [0.4, 0.5) is 0 Å². The van der Waals surface area contributed by atoms with Gasteiger partial charge >= 0.3 is 0 Å². The largest absolute Gasteiger partial charge is 0.316 e. The number of likely N-dealkylation sites (tertiary alicyclic amines) is 1. The Labute approximate surface area is 98.1 Å². The molecule has 0 aromatic heterocycles. The normalized spacial score (nSPS) is 39.2. The molecule has 2 aliphatic rings. The van der Waals surface area contributed by atoms with E-state index in [0.29, 0.717) is 11.5 Å². The summed E-state index contributed by atoms with van der Waals surface area (Å²) in [5.74, 6) is 0.797. The number of halogens is 1. The third kappa shape index (κ3) is 3.33. The van der Waals surface area contributed by atoms with Gasteiger partial charge in [-0.2, -0.15) is 0 Å². The monoisotopic (exact) mass is 230 g/mol. The van der Waals surface area contributed by atoms with E-state index in [9.17, 15) is 0 Å². The highest BCUT2D eigenvalue weighted by Crippen LogP contribution is 2.29. The summed E-state index contributed by atoms with van der Waals surface area (Å²) in [5, 5.41) is 0.421. The van der Waals surface area contributed by atoms with E-state index in [1.54, 1.807) is 0 Å². The minimum Gasteiger partial charge on any atom is -0.316 e. The molecule has 1 saturated heterocycles. The highest BCUT2D eigenvalue weighted by atomic mass is 35.5. The summed E-state index contributed by atoms with van der Waals surface area (Å²) >= 11 is 6.22. The molecule has 3 atom stereocenters. The Morgan fingerprint density at radius 3 is 2.73 bits per heavy atom. The summed E-state index contributed by atoms with van der Waals surface area (Å²) in [4.78, 5) is 2.48. The molecule has 0 radical (unpaired) electrons. The molecule has 1 aliphatic carbocycles. The van der Waals surface area contributed by atoms with Gasteiger partial charge in [0.05, 0.1) is 6.17 Å². The average molecular weight is 231 g/mol. The molecule has 0 aromatic rings. The average Bonchev–Trinajstić information content (AvgIpc) is 2.22. The van der Waals surface area contributed by atoms with Gasteiger partial charge in [-0.1, -0.05) is 6.42 Å². The minimum atomic E-state index is 0.314. The summed E-state index contributed by atoms with van der Waals surface area (Å²) < 4.78 is 0. The van der Waals surface area contributed by atoms with Crippen molar-refractivity contribution in [3.63, 3.8) is 0 Å². The predicted octanol–water partition coefficient (Wildman–Crippen LogP) is 2.55. The van der Waals surface area contributed by atoms with Crippen molar-refractivity contribution in [1.82, 2.24) is 4.90 Å². The van der Waals surface area contributed by atoms with Crippen LogP contribution in [-0.4, -0.2) is 29.5 Å². The van der Waals surface area contributed by atoms with Crippen LogP contribution in [0.25, 0.3) is 0 Å². The number of piperidine rings is 1. The molecule has 2 fully saturated rings. The lowest BCUT2D eigenvalue weighted by molar-refractivity contribution is 0.117. The van der Waals surface area contributed by atoms with Crippen molar-refractivity contribution >= 4 is 11.6 Å². The first-order chi connectivity index (χ1) is 7.25. The minimum absolute atomic E-state index is 0.314. The zero-order valence-corrected chi connectivity index (χ0v) is 10.3. The van der Waals surface area contributed by atoms with E-state index in [1.165, 1.54) is 58.0 Å². The zero-order valence-electron chi connectivity index (χ0n) is 9.50. The Bertz CT molecular complexity index is 198. The van der Waals surface area contributed by atoms with Gasteiger partial charge in [-0.05, 0) is 51.0 Å². The summed E-state index contributed by atoms with van der Waals surface area (Å²) in [7, 11) is 0. The highest BCUT2D eigenvalue weighted by molar-refractivity contribution is 6.20. The lowest BCUT2D eigenvalue weighted by Gasteiger charge is -2.37. The van der Waals surface area contributed by atoms with Crippen LogP contribution < -0.4 is 5.73 Å². The fourth-order valence-electron chi connectivity index (χ4n) is 2.97. The molecule has 3 unspecified atom stereocenters. The van der Waals surface area contributed by atoms with E-state index in [4.69, 9.17) is 17.3 Å². The summed E-state index contributed by atoms with van der Waals surface area (Å²) in [5.41, 5.74) is 6.12. The standard InChI is InChI=1S/C12H23ClN2/c13-11-5-3-4-10(8-11)9-15-7-2-1-6-12(15)14/h10-12H,1-9,14H2. The molecule has 1 aliphatic heterocycles. The maximum Gasteiger partial charge on any atom is 0.0571 e. The third-order valence-corrected chi connectivity index (χ3v) is 4.27. The number of hydrogen-bond donors (Lipinski definition) is 1. The van der Waals surface area contributed by atoms with Crippen molar-refractivity contribution in [2.45, 2.75) is 56.5 Å². The van der Waals surface area contributed by atoms with Gasteiger partial charge in [-0.15, -0.1) is 11.6 Å². The Hall–Kier alpha value is 0.210. The van der Waals surface area contributed by atoms with Crippen LogP contribution in [0, 0.1) is 5.92 Å². The second-order valence-electron chi connectivity index (χ2n) is 5.19. The maximum atomic E-state index is 6.22. The smallest absolute Gasteiger partial charge is 0.0571 e. The number of nitrogens with two attached hydrogens (primary N) is 1. The van der Waals surface area contributed by atoms with Gasteiger partial charge in [0.1, 0.15) is 0 Å². The van der Waals surface area contributed by atoms with E-state index < -0.39 is 0 Å². The van der Waals surface area contributed by atoms with Crippen molar-refractivity contribution in [2.75, 3.05) is 13.1 Å². The van der Waals surface area contributed by atoms with Crippen molar-refractivity contribution in [2.24, 2.45) is 11.7 Å². The van der Waals surface area contributed by atoms with E-state index >= 15 is 0 Å². The first kappa shape index (κ1) is 11.7. The molecule has 0 bridgehead atoms. The van der Waals surface area contributed by atoms with Crippen molar-refractivity contribution in [3.05, 3.63) is 0 Å². The van der Waals surface area contributed by atoms with Gasteiger partial charge in [0, 0.05) is 11.9 Å². The summed E-state index contributed by atoms with van der Waals surface area (Å²) in [6, 6.07) is 0. The SMILES string of the molecule is NC1CCCCN1CC1CCCC(Cl)C1. The molecular formula is C12H23ClN2. The van der Waals surface area contributed by atoms with E-state index in [-0.39, 0.29) is 0 Å². The number of rotatable bonds is 2. The van der Waals surface area contributed by atoms with Crippen LogP contribution in [0.1, 0.15) is 44.9 Å². The van der Waals surface area contributed by atoms with Crippen LogP contribution in [0.3, 0.4) is 0 Å². The Morgan fingerprint density at radius 2 is 2.00 bits per heavy atom. The van der Waals surface area contributed by atoms with Gasteiger partial charge < -0.3 is 5.73 Å². The second kappa shape index (κ2) is 5.51. The highest BCUT2D eigenvalue weighted by Gasteiger charge is 2.25. The van der Waals surface area contributed by atoms with Crippen LogP contribution >= 0.6 is 11.6 Å². The number of alkyl halides is 1. The topological polar surface area (TPSA) is 29.3 Å². The third-order valence-electron chi connectivity index (χ3n) is 3.88. The zero-order chi connectivity index (χ0) is 10.7. The molecule has 88 valence electrons. The van der Waals surface area contributed by atoms with Crippen molar-refractivity contribution in [3.8, 4) is 0 Å². The molecule has 3 heteroatoms. The molecule has 2 rings (SSSR count). The van der Waals surface area contributed by atoms with Crippen LogP contribution in [0.5, 0.6) is 0 Å². The first-order valence-electron chi connectivity index (χ1n) is 6.39. The molecule has 0 aromatic carbocycles. The Morgan fingerprint density at radius 1 is 1.13 bits per heavy atom. The van der Waals surface area contributed by atoms with Gasteiger partial charge in [-0.3, -0.25) is 4.90 Å². The molecular weight excluding hydrogens is 208 g/mol. The van der Waals surface area contributed by atoms with Crippen molar-refractivity contribution < 1.29 is 0 Å². The van der Waals surface area contributed by atoms with Gasteiger partial charge in [0.2, 0.25) is 0 Å². The van der Waals surface area contributed by atoms with Crippen LogP contribution in [-0.2, 0) is 0 Å². The van der Waals surface area contributed by atoms with Crippen molar-refractivity contribution in [1.29, 1.82) is 0 Å². The summed E-state index contributed by atoms with van der Waals surface area (Å²) in [6.07, 6.45) is 9.19. The maximum absolute atomic E-state index is 6.22. The predicted molar refractivity (Wildman–Crippen MR) is 65.0 cm³/mol. The Kier molecular flexibility index (Phi) is 4.30. The van der Waals surface area contributed by atoms with Crippen LogP contribution in [0.15, 0.2) is 0 Å². The van der Waals surface area contributed by atoms with E-state index in [0.717, 1.165) is 5.92 Å². The van der Waals surface area contributed by atoms with Crippen LogP contribution in [0.2, 0.25) is 0 Å². The number of nitrogens with zero attached hydrogens (tertiary/aromatic N) is 1. The molecule has 2 N–H and O–H groups in total. The molecule has 1 saturated carbocycles. The molecule has 15 heavy (non-hydrogen) atoms. The molecule has 1 heterocycles. The fourth-order valence-corrected chi connectivity index (χ4v) is 3.37. The van der Waals surface area contributed by atoms with Gasteiger partial charge in [-0.25, -0.2) is 0 Å². The van der Waals surface area contributed by atoms with Gasteiger partial charge in [0.15, 0.2) is 0 Å². The first-order valence-corrected chi connectivity index (χ1v) is 6.83. The van der Waals surface area contributed by atoms with E-state index in [1.807, 2.05) is 0 Å². The molecule has 0 amide bonds. The lowest BCUT2D eigenvalue weighted by atomic mass is 9.88. The van der Waals surface area contributed by atoms with E-state index in [2.05, 4.69) is 4.90 Å². The quantitative estimate of drug-likeness (QED) is 0.739. The number of hydrogen-bond acceptors (Lipinski definition) is 2. The summed E-state index contributed by atoms with van der Waals surface area (Å²) in [6.45, 7) is 2.38. The molecule has 2 nitrogen and oxygen atoms in total.